The molecule has 4 rings (SSSR count). The minimum absolute atomic E-state index is 0.148. The lowest BCUT2D eigenvalue weighted by Crippen LogP contribution is -2.24. The van der Waals surface area contributed by atoms with Gasteiger partial charge in [-0.2, -0.15) is 0 Å². The number of carbonyl (C=O) groups is 1. The second-order valence-corrected chi connectivity index (χ2v) is 7.22. The van der Waals surface area contributed by atoms with Crippen LogP contribution in [0.3, 0.4) is 0 Å². The fraction of sp³-hybridized carbons (Fsp3) is 0.0909. The van der Waals surface area contributed by atoms with E-state index in [1.165, 1.54) is 17.0 Å². The van der Waals surface area contributed by atoms with E-state index >= 15 is 0 Å². The summed E-state index contributed by atoms with van der Waals surface area (Å²) in [6.07, 6.45) is 6.32. The van der Waals surface area contributed by atoms with Crippen molar-refractivity contribution in [1.82, 2.24) is 24.4 Å². The first kappa shape index (κ1) is 20.4. The van der Waals surface area contributed by atoms with Crippen molar-refractivity contribution in [2.24, 2.45) is 0 Å². The first-order valence-electron chi connectivity index (χ1n) is 9.40. The molecule has 9 heteroatoms. The Morgan fingerprint density at radius 2 is 2.13 bits per heavy atom. The van der Waals surface area contributed by atoms with Crippen LogP contribution in [0.4, 0.5) is 4.39 Å². The van der Waals surface area contributed by atoms with Gasteiger partial charge in [-0.1, -0.05) is 12.1 Å². The van der Waals surface area contributed by atoms with Crippen LogP contribution in [0.15, 0.2) is 72.6 Å². The molecule has 0 aliphatic carbocycles. The van der Waals surface area contributed by atoms with Crippen molar-refractivity contribution in [1.29, 1.82) is 0 Å². The highest BCUT2D eigenvalue weighted by atomic mass is 32.1. The van der Waals surface area contributed by atoms with E-state index in [2.05, 4.69) is 21.9 Å². The summed E-state index contributed by atoms with van der Waals surface area (Å²) < 4.78 is 17.6. The number of benzene rings is 2. The van der Waals surface area contributed by atoms with E-state index in [1.54, 1.807) is 53.4 Å². The van der Waals surface area contributed by atoms with Crippen LogP contribution in [0.1, 0.15) is 15.9 Å². The highest BCUT2D eigenvalue weighted by Crippen LogP contribution is 2.15. The molecule has 0 radical (unpaired) electrons. The Bertz CT molecular complexity index is 1410. The molecule has 0 fully saturated rings. The van der Waals surface area contributed by atoms with Gasteiger partial charge in [-0.25, -0.2) is 9.37 Å². The number of aromatic nitrogens is 4. The lowest BCUT2D eigenvalue weighted by atomic mass is 10.1. The Morgan fingerprint density at radius 3 is 2.84 bits per heavy atom. The summed E-state index contributed by atoms with van der Waals surface area (Å²) in [5, 5.41) is 3.18. The third kappa shape index (κ3) is 4.08. The number of nitrogens with one attached hydrogen (secondary N) is 2. The maximum absolute atomic E-state index is 14.4. The number of halogens is 1. The van der Waals surface area contributed by atoms with E-state index in [0.717, 1.165) is 0 Å². The van der Waals surface area contributed by atoms with Crippen molar-refractivity contribution in [3.8, 4) is 5.69 Å². The van der Waals surface area contributed by atoms with Crippen molar-refractivity contribution in [2.45, 2.75) is 13.1 Å². The molecule has 7 nitrogen and oxygen atoms in total. The molecule has 2 N–H and O–H groups in total. The van der Waals surface area contributed by atoms with Gasteiger partial charge in [0.25, 0.3) is 11.5 Å². The van der Waals surface area contributed by atoms with Crippen LogP contribution in [0.5, 0.6) is 0 Å². The zero-order chi connectivity index (χ0) is 22.0. The predicted molar refractivity (Wildman–Crippen MR) is 118 cm³/mol. The molecule has 0 saturated heterocycles. The predicted octanol–water partition coefficient (Wildman–Crippen LogP) is 3.50. The highest BCUT2D eigenvalue weighted by molar-refractivity contribution is 7.71. The molecular weight excluding hydrogens is 417 g/mol. The van der Waals surface area contributed by atoms with Crippen molar-refractivity contribution in [3.05, 3.63) is 99.8 Å². The number of hydrogen-bond acceptors (Lipinski definition) is 4. The minimum Gasteiger partial charge on any atom is -0.348 e. The van der Waals surface area contributed by atoms with Gasteiger partial charge in [0.1, 0.15) is 5.82 Å². The summed E-state index contributed by atoms with van der Waals surface area (Å²) in [6, 6.07) is 9.45. The summed E-state index contributed by atoms with van der Waals surface area (Å²) in [5.74, 6) is -0.769. The van der Waals surface area contributed by atoms with E-state index in [4.69, 9.17) is 12.2 Å². The van der Waals surface area contributed by atoms with Crippen LogP contribution >= 0.6 is 12.2 Å². The summed E-state index contributed by atoms with van der Waals surface area (Å²) in [4.78, 5) is 32.0. The average molecular weight is 435 g/mol. The van der Waals surface area contributed by atoms with Gasteiger partial charge in [0, 0.05) is 31.0 Å². The fourth-order valence-electron chi connectivity index (χ4n) is 3.25. The summed E-state index contributed by atoms with van der Waals surface area (Å²) in [7, 11) is 0. The molecule has 0 unspecified atom stereocenters. The third-order valence-corrected chi connectivity index (χ3v) is 5.13. The number of aromatic amines is 1. The first-order valence-corrected chi connectivity index (χ1v) is 9.81. The SMILES string of the molecule is C=CCn1c(=S)[nH]c2cc(C(=O)NCc3ccc(-n4ccnc4)c(F)c3)ccc2c1=O. The van der Waals surface area contributed by atoms with Crippen molar-refractivity contribution in [3.63, 3.8) is 0 Å². The molecule has 2 aromatic carbocycles. The number of imidazole rings is 1. The van der Waals surface area contributed by atoms with E-state index in [-0.39, 0.29) is 22.8 Å². The quantitative estimate of drug-likeness (QED) is 0.359. The molecule has 2 heterocycles. The van der Waals surface area contributed by atoms with Gasteiger partial charge in [-0.3, -0.25) is 14.2 Å². The molecule has 0 atom stereocenters. The number of allylic oxidation sites excluding steroid dienone is 1. The molecule has 0 saturated carbocycles. The van der Waals surface area contributed by atoms with Crippen LogP contribution in [-0.2, 0) is 13.1 Å². The number of carbonyl (C=O) groups excluding carboxylic acids is 1. The fourth-order valence-corrected chi connectivity index (χ4v) is 3.51. The third-order valence-electron chi connectivity index (χ3n) is 4.80. The molecule has 0 aliphatic rings. The van der Waals surface area contributed by atoms with Gasteiger partial charge >= 0.3 is 0 Å². The molecule has 156 valence electrons. The first-order chi connectivity index (χ1) is 15.0. The second kappa shape index (κ2) is 8.49. The zero-order valence-corrected chi connectivity index (χ0v) is 17.2. The van der Waals surface area contributed by atoms with Gasteiger partial charge in [-0.05, 0) is 48.1 Å². The summed E-state index contributed by atoms with van der Waals surface area (Å²) in [6.45, 7) is 4.07. The summed E-state index contributed by atoms with van der Waals surface area (Å²) >= 11 is 5.23. The van der Waals surface area contributed by atoms with E-state index in [9.17, 15) is 14.0 Å². The van der Waals surface area contributed by atoms with E-state index < -0.39 is 5.82 Å². The molecular formula is C22H18FN5O2S. The molecule has 0 bridgehead atoms. The summed E-state index contributed by atoms with van der Waals surface area (Å²) in [5.41, 5.74) is 1.56. The Labute approximate surface area is 181 Å². The number of fused-ring (bicyclic) bond motifs is 1. The van der Waals surface area contributed by atoms with Gasteiger partial charge in [0.2, 0.25) is 0 Å². The van der Waals surface area contributed by atoms with Crippen LogP contribution < -0.4 is 10.9 Å². The van der Waals surface area contributed by atoms with Gasteiger partial charge < -0.3 is 14.9 Å². The second-order valence-electron chi connectivity index (χ2n) is 6.83. The molecule has 31 heavy (non-hydrogen) atoms. The van der Waals surface area contributed by atoms with E-state index in [0.29, 0.717) is 34.3 Å². The molecule has 0 spiro atoms. The minimum atomic E-state index is -0.418. The number of H-pyrrole nitrogens is 1. The Balaban J connectivity index is 1.53. The van der Waals surface area contributed by atoms with E-state index in [1.807, 2.05) is 0 Å². The Kier molecular flexibility index (Phi) is 5.59. The zero-order valence-electron chi connectivity index (χ0n) is 16.3. The van der Waals surface area contributed by atoms with Crippen molar-refractivity contribution < 1.29 is 9.18 Å². The number of rotatable bonds is 6. The standard InChI is InChI=1S/C22H18FN5O2S/c1-2-8-28-21(30)16-5-4-15(11-18(16)26-22(28)31)20(29)25-12-14-3-6-19(17(23)10-14)27-9-7-24-13-27/h2-7,9-11,13H,1,8,12H2,(H,25,29)(H,26,31). The number of amides is 1. The smallest absolute Gasteiger partial charge is 0.262 e. The van der Waals surface area contributed by atoms with Crippen molar-refractivity contribution in [2.75, 3.05) is 0 Å². The lowest BCUT2D eigenvalue weighted by molar-refractivity contribution is 0.0951. The monoisotopic (exact) mass is 435 g/mol. The number of hydrogen-bond donors (Lipinski definition) is 2. The van der Waals surface area contributed by atoms with Crippen LogP contribution in [0.25, 0.3) is 16.6 Å². The van der Waals surface area contributed by atoms with Crippen LogP contribution in [0, 0.1) is 10.6 Å². The molecule has 1 amide bonds. The highest BCUT2D eigenvalue weighted by Gasteiger charge is 2.11. The maximum Gasteiger partial charge on any atom is 0.262 e. The normalized spacial score (nSPS) is 10.9. The Morgan fingerprint density at radius 1 is 1.29 bits per heavy atom. The Hall–Kier alpha value is -3.85. The largest absolute Gasteiger partial charge is 0.348 e. The molecule has 2 aromatic heterocycles. The van der Waals surface area contributed by atoms with Gasteiger partial charge in [0.05, 0.1) is 22.9 Å². The average Bonchev–Trinajstić information content (AvgIpc) is 3.29. The van der Waals surface area contributed by atoms with Crippen LogP contribution in [-0.4, -0.2) is 25.0 Å². The molecule has 0 aliphatic heterocycles. The topological polar surface area (TPSA) is 84.7 Å². The van der Waals surface area contributed by atoms with Gasteiger partial charge in [0.15, 0.2) is 4.77 Å². The van der Waals surface area contributed by atoms with Crippen molar-refractivity contribution >= 4 is 29.0 Å². The number of nitrogens with zero attached hydrogens (tertiary/aromatic N) is 3. The maximum atomic E-state index is 14.4. The lowest BCUT2D eigenvalue weighted by Gasteiger charge is -2.10. The van der Waals surface area contributed by atoms with Gasteiger partial charge in [-0.15, -0.1) is 6.58 Å². The van der Waals surface area contributed by atoms with Crippen LogP contribution in [0.2, 0.25) is 0 Å². The molecule has 4 aromatic rings.